The maximum absolute atomic E-state index is 9.60. The third-order valence-corrected chi connectivity index (χ3v) is 3.88. The van der Waals surface area contributed by atoms with Gasteiger partial charge in [0.1, 0.15) is 5.75 Å². The Hall–Kier alpha value is -1.10. The molecule has 0 aromatic heterocycles. The summed E-state index contributed by atoms with van der Waals surface area (Å²) in [5.74, 6) is 1.25. The van der Waals surface area contributed by atoms with Gasteiger partial charge in [-0.3, -0.25) is 0 Å². The molecule has 0 saturated carbocycles. The van der Waals surface area contributed by atoms with Gasteiger partial charge in [-0.25, -0.2) is 0 Å². The predicted octanol–water partition coefficient (Wildman–Crippen LogP) is 2.73. The summed E-state index contributed by atoms with van der Waals surface area (Å²) in [6, 6.07) is 7.83. The number of rotatable bonds is 5. The van der Waals surface area contributed by atoms with E-state index in [0.717, 1.165) is 17.7 Å². The lowest BCUT2D eigenvalue weighted by Crippen LogP contribution is -2.41. The Morgan fingerprint density at radius 3 is 2.65 bits per heavy atom. The fraction of sp³-hybridized carbons (Fsp3) is 0.625. The first kappa shape index (κ1) is 15.3. The molecule has 1 aliphatic heterocycles. The molecule has 0 bridgehead atoms. The second kappa shape index (κ2) is 7.07. The van der Waals surface area contributed by atoms with E-state index < -0.39 is 6.29 Å². The number of methoxy groups -OCH3 is 1. The molecule has 20 heavy (non-hydrogen) atoms. The van der Waals surface area contributed by atoms with Crippen LogP contribution in [-0.2, 0) is 16.1 Å². The standard InChI is InChI=1S/C16H24O4/c1-11-4-9-15(17)20-16(11)12(2)19-10-13-5-7-14(18-3)8-6-13/h5-8,11-12,15-17H,4,9-10H2,1-3H3/t11-,12-,15+,16-/m0/s1. The number of aliphatic hydroxyl groups is 1. The van der Waals surface area contributed by atoms with Crippen LogP contribution in [0.3, 0.4) is 0 Å². The van der Waals surface area contributed by atoms with Gasteiger partial charge in [-0.05, 0) is 43.4 Å². The fourth-order valence-corrected chi connectivity index (χ4v) is 2.57. The number of ether oxygens (including phenoxy) is 3. The molecule has 1 aromatic carbocycles. The number of hydrogen-bond acceptors (Lipinski definition) is 4. The van der Waals surface area contributed by atoms with E-state index in [-0.39, 0.29) is 12.2 Å². The Kier molecular flexibility index (Phi) is 5.40. The van der Waals surface area contributed by atoms with Crippen molar-refractivity contribution in [2.45, 2.75) is 51.8 Å². The number of benzene rings is 1. The Labute approximate surface area is 120 Å². The molecule has 0 amide bonds. The minimum absolute atomic E-state index is 0.0398. The van der Waals surface area contributed by atoms with E-state index >= 15 is 0 Å². The van der Waals surface area contributed by atoms with Crippen LogP contribution in [0.4, 0.5) is 0 Å². The van der Waals surface area contributed by atoms with Gasteiger partial charge in [-0.1, -0.05) is 19.1 Å². The molecule has 1 saturated heterocycles. The van der Waals surface area contributed by atoms with Crippen LogP contribution in [0.1, 0.15) is 32.3 Å². The third kappa shape index (κ3) is 3.95. The summed E-state index contributed by atoms with van der Waals surface area (Å²) < 4.78 is 16.6. The quantitative estimate of drug-likeness (QED) is 0.901. The second-order valence-electron chi connectivity index (χ2n) is 5.47. The summed E-state index contributed by atoms with van der Waals surface area (Å²) in [5, 5.41) is 9.60. The van der Waals surface area contributed by atoms with Crippen LogP contribution in [0.5, 0.6) is 5.75 Å². The monoisotopic (exact) mass is 280 g/mol. The van der Waals surface area contributed by atoms with Crippen molar-refractivity contribution in [1.82, 2.24) is 0 Å². The van der Waals surface area contributed by atoms with Gasteiger partial charge < -0.3 is 19.3 Å². The van der Waals surface area contributed by atoms with Crippen molar-refractivity contribution in [3.05, 3.63) is 29.8 Å². The highest BCUT2D eigenvalue weighted by Gasteiger charge is 2.31. The highest BCUT2D eigenvalue weighted by atomic mass is 16.6. The van der Waals surface area contributed by atoms with Crippen LogP contribution >= 0.6 is 0 Å². The molecule has 0 unspecified atom stereocenters. The van der Waals surface area contributed by atoms with Crippen molar-refractivity contribution in [3.63, 3.8) is 0 Å². The zero-order valence-corrected chi connectivity index (χ0v) is 12.4. The van der Waals surface area contributed by atoms with Crippen molar-refractivity contribution < 1.29 is 19.3 Å². The highest BCUT2D eigenvalue weighted by molar-refractivity contribution is 5.26. The van der Waals surface area contributed by atoms with E-state index in [1.54, 1.807) is 7.11 Å². The summed E-state index contributed by atoms with van der Waals surface area (Å²) in [7, 11) is 1.65. The zero-order valence-electron chi connectivity index (χ0n) is 12.4. The highest BCUT2D eigenvalue weighted by Crippen LogP contribution is 2.27. The van der Waals surface area contributed by atoms with E-state index in [2.05, 4.69) is 6.92 Å². The van der Waals surface area contributed by atoms with Crippen LogP contribution in [0, 0.1) is 5.92 Å². The fourth-order valence-electron chi connectivity index (χ4n) is 2.57. The Morgan fingerprint density at radius 2 is 2.00 bits per heavy atom. The Balaban J connectivity index is 1.85. The molecular formula is C16H24O4. The van der Waals surface area contributed by atoms with Gasteiger partial charge in [-0.15, -0.1) is 0 Å². The van der Waals surface area contributed by atoms with Gasteiger partial charge in [-0.2, -0.15) is 0 Å². The minimum Gasteiger partial charge on any atom is -0.497 e. The van der Waals surface area contributed by atoms with E-state index in [1.165, 1.54) is 0 Å². The van der Waals surface area contributed by atoms with E-state index in [9.17, 15) is 5.11 Å². The first-order valence-corrected chi connectivity index (χ1v) is 7.18. The van der Waals surface area contributed by atoms with Gasteiger partial charge in [0.15, 0.2) is 6.29 Å². The lowest BCUT2D eigenvalue weighted by molar-refractivity contribution is -0.213. The van der Waals surface area contributed by atoms with E-state index in [0.29, 0.717) is 18.9 Å². The maximum Gasteiger partial charge on any atom is 0.155 e. The number of aliphatic hydroxyl groups excluding tert-OH is 1. The molecule has 4 atom stereocenters. The topological polar surface area (TPSA) is 47.9 Å². The molecule has 1 aliphatic rings. The summed E-state index contributed by atoms with van der Waals surface area (Å²) in [6.07, 6.45) is 0.951. The predicted molar refractivity (Wildman–Crippen MR) is 76.5 cm³/mol. The van der Waals surface area contributed by atoms with Gasteiger partial charge in [0.2, 0.25) is 0 Å². The largest absolute Gasteiger partial charge is 0.497 e. The van der Waals surface area contributed by atoms with Crippen LogP contribution in [0.15, 0.2) is 24.3 Å². The van der Waals surface area contributed by atoms with Crippen molar-refractivity contribution in [2.24, 2.45) is 5.92 Å². The van der Waals surface area contributed by atoms with Crippen molar-refractivity contribution in [2.75, 3.05) is 7.11 Å². The summed E-state index contributed by atoms with van der Waals surface area (Å²) in [6.45, 7) is 4.68. The van der Waals surface area contributed by atoms with Crippen LogP contribution in [0.2, 0.25) is 0 Å². The normalized spacial score (nSPS) is 28.1. The molecule has 1 heterocycles. The smallest absolute Gasteiger partial charge is 0.155 e. The van der Waals surface area contributed by atoms with Crippen LogP contribution < -0.4 is 4.74 Å². The molecule has 1 aromatic rings. The Morgan fingerprint density at radius 1 is 1.30 bits per heavy atom. The lowest BCUT2D eigenvalue weighted by atomic mass is 9.92. The van der Waals surface area contributed by atoms with Gasteiger partial charge in [0.25, 0.3) is 0 Å². The van der Waals surface area contributed by atoms with E-state index in [4.69, 9.17) is 14.2 Å². The third-order valence-electron chi connectivity index (χ3n) is 3.88. The van der Waals surface area contributed by atoms with Crippen molar-refractivity contribution >= 4 is 0 Å². The zero-order chi connectivity index (χ0) is 14.5. The van der Waals surface area contributed by atoms with E-state index in [1.807, 2.05) is 31.2 Å². The molecular weight excluding hydrogens is 256 g/mol. The summed E-state index contributed by atoms with van der Waals surface area (Å²) >= 11 is 0. The maximum atomic E-state index is 9.60. The molecule has 0 aliphatic carbocycles. The Bertz CT molecular complexity index is 403. The SMILES string of the molecule is COc1ccc(CO[C@@H](C)[C@H]2O[C@@H](O)CC[C@@H]2C)cc1. The van der Waals surface area contributed by atoms with Crippen LogP contribution in [0.25, 0.3) is 0 Å². The lowest BCUT2D eigenvalue weighted by Gasteiger charge is -2.36. The van der Waals surface area contributed by atoms with Crippen molar-refractivity contribution in [1.29, 1.82) is 0 Å². The molecule has 0 radical (unpaired) electrons. The van der Waals surface area contributed by atoms with Gasteiger partial charge >= 0.3 is 0 Å². The van der Waals surface area contributed by atoms with Crippen molar-refractivity contribution in [3.8, 4) is 5.75 Å². The average Bonchev–Trinajstić information content (AvgIpc) is 2.47. The number of hydrogen-bond donors (Lipinski definition) is 1. The molecule has 4 nitrogen and oxygen atoms in total. The molecule has 112 valence electrons. The van der Waals surface area contributed by atoms with Gasteiger partial charge in [0, 0.05) is 0 Å². The molecule has 0 spiro atoms. The minimum atomic E-state index is -0.650. The second-order valence-corrected chi connectivity index (χ2v) is 5.47. The summed E-state index contributed by atoms with van der Waals surface area (Å²) in [4.78, 5) is 0. The molecule has 1 fully saturated rings. The average molecular weight is 280 g/mol. The molecule has 2 rings (SSSR count). The van der Waals surface area contributed by atoms with Gasteiger partial charge in [0.05, 0.1) is 25.9 Å². The first-order valence-electron chi connectivity index (χ1n) is 7.18. The van der Waals surface area contributed by atoms with Crippen LogP contribution in [-0.4, -0.2) is 30.7 Å². The molecule has 4 heteroatoms. The molecule has 1 N–H and O–H groups in total. The summed E-state index contributed by atoms with van der Waals surface area (Å²) in [5.41, 5.74) is 1.10. The first-order chi connectivity index (χ1) is 9.60.